The maximum absolute atomic E-state index is 13.1. The molecule has 2 aromatic rings. The van der Waals surface area contributed by atoms with Crippen molar-refractivity contribution in [1.82, 2.24) is 29.4 Å². The highest BCUT2D eigenvalue weighted by molar-refractivity contribution is 7.99. The molecular formula is C19H26N6O5S2. The largest absolute Gasteiger partial charge is 0.486 e. The molecule has 1 aromatic carbocycles. The molecule has 174 valence electrons. The van der Waals surface area contributed by atoms with Crippen LogP contribution in [0, 0.1) is 0 Å². The van der Waals surface area contributed by atoms with E-state index in [0.29, 0.717) is 43.0 Å². The second-order valence-corrected chi connectivity index (χ2v) is 11.3. The number of rotatable bonds is 5. The van der Waals surface area contributed by atoms with E-state index < -0.39 is 10.0 Å². The van der Waals surface area contributed by atoms with Crippen LogP contribution in [0.25, 0.3) is 0 Å². The molecule has 11 nitrogen and oxygen atoms in total. The third-order valence-corrected chi connectivity index (χ3v) is 7.94. The molecule has 0 spiro atoms. The second kappa shape index (κ2) is 8.87. The minimum Gasteiger partial charge on any atom is -0.486 e. The van der Waals surface area contributed by atoms with Gasteiger partial charge in [0.2, 0.25) is 21.1 Å². The molecule has 1 aromatic heterocycles. The first kappa shape index (κ1) is 22.8. The Balaban J connectivity index is 1.34. The molecule has 0 aliphatic carbocycles. The van der Waals surface area contributed by atoms with Gasteiger partial charge >= 0.3 is 0 Å². The number of amides is 1. The van der Waals surface area contributed by atoms with E-state index >= 15 is 0 Å². The van der Waals surface area contributed by atoms with Crippen LogP contribution >= 0.6 is 11.8 Å². The number of tetrazole rings is 1. The first-order chi connectivity index (χ1) is 15.2. The van der Waals surface area contributed by atoms with Gasteiger partial charge in [-0.25, -0.2) is 13.1 Å². The van der Waals surface area contributed by atoms with Crippen molar-refractivity contribution < 1.29 is 22.7 Å². The van der Waals surface area contributed by atoms with Crippen LogP contribution in [-0.4, -0.2) is 88.9 Å². The van der Waals surface area contributed by atoms with E-state index in [1.165, 1.54) is 28.2 Å². The van der Waals surface area contributed by atoms with Gasteiger partial charge in [-0.2, -0.15) is 4.31 Å². The molecule has 1 saturated heterocycles. The van der Waals surface area contributed by atoms with Crippen molar-refractivity contribution in [2.75, 3.05) is 45.1 Å². The summed E-state index contributed by atoms with van der Waals surface area (Å²) in [5.74, 6) is 1.09. The molecule has 13 heteroatoms. The summed E-state index contributed by atoms with van der Waals surface area (Å²) in [7, 11) is -3.69. The van der Waals surface area contributed by atoms with Crippen LogP contribution in [0.15, 0.2) is 28.3 Å². The van der Waals surface area contributed by atoms with E-state index in [1.54, 1.807) is 15.6 Å². The number of ether oxygens (including phenoxy) is 2. The summed E-state index contributed by atoms with van der Waals surface area (Å²) in [5.41, 5.74) is -0.289. The molecule has 2 aliphatic heterocycles. The van der Waals surface area contributed by atoms with Crippen molar-refractivity contribution in [2.24, 2.45) is 0 Å². The van der Waals surface area contributed by atoms with E-state index in [0.717, 1.165) is 0 Å². The predicted octanol–water partition coefficient (Wildman–Crippen LogP) is 0.825. The topological polar surface area (TPSA) is 120 Å². The molecule has 3 heterocycles. The highest BCUT2D eigenvalue weighted by Crippen LogP contribution is 2.33. The van der Waals surface area contributed by atoms with Gasteiger partial charge in [-0.1, -0.05) is 11.8 Å². The highest BCUT2D eigenvalue weighted by atomic mass is 32.2. The molecular weight excluding hydrogens is 456 g/mol. The number of sulfonamides is 1. The maximum atomic E-state index is 13.1. The minimum atomic E-state index is -3.69. The number of hydrogen-bond acceptors (Lipinski definition) is 9. The summed E-state index contributed by atoms with van der Waals surface area (Å²) in [6.45, 7) is 7.89. The lowest BCUT2D eigenvalue weighted by Gasteiger charge is -2.34. The van der Waals surface area contributed by atoms with Gasteiger partial charge in [0.25, 0.3) is 0 Å². The molecule has 0 N–H and O–H groups in total. The normalized spacial score (nSPS) is 17.4. The summed E-state index contributed by atoms with van der Waals surface area (Å²) in [6, 6.07) is 4.64. The molecule has 0 unspecified atom stereocenters. The Kier molecular flexibility index (Phi) is 6.32. The number of fused-ring (bicyclic) bond motifs is 1. The lowest BCUT2D eigenvalue weighted by molar-refractivity contribution is -0.129. The average Bonchev–Trinajstić information content (AvgIpc) is 3.26. The zero-order chi connectivity index (χ0) is 22.9. The van der Waals surface area contributed by atoms with E-state index in [-0.39, 0.29) is 35.2 Å². The fourth-order valence-corrected chi connectivity index (χ4v) is 5.82. The van der Waals surface area contributed by atoms with Gasteiger partial charge < -0.3 is 14.4 Å². The number of thioether (sulfide) groups is 1. The van der Waals surface area contributed by atoms with Crippen molar-refractivity contribution in [3.63, 3.8) is 0 Å². The second-order valence-electron chi connectivity index (χ2n) is 8.42. The first-order valence-corrected chi connectivity index (χ1v) is 12.7. The first-order valence-electron chi connectivity index (χ1n) is 10.3. The van der Waals surface area contributed by atoms with Crippen LogP contribution in [0.4, 0.5) is 0 Å². The molecule has 4 rings (SSSR count). The number of nitrogens with zero attached hydrogens (tertiary/aromatic N) is 6. The molecule has 0 radical (unpaired) electrons. The van der Waals surface area contributed by atoms with E-state index in [2.05, 4.69) is 15.5 Å². The van der Waals surface area contributed by atoms with Crippen molar-refractivity contribution in [3.05, 3.63) is 18.2 Å². The standard InChI is InChI=1S/C19H26N6O5S2/c1-19(2,3)25-18(20-21-22-25)31-13-17(26)23-6-8-24(9-7-23)32(27,28)14-4-5-15-16(12-14)30-11-10-29-15/h4-5,12H,6-11,13H2,1-3H3. The van der Waals surface area contributed by atoms with Gasteiger partial charge in [-0.15, -0.1) is 5.10 Å². The number of benzene rings is 1. The molecule has 32 heavy (non-hydrogen) atoms. The number of aromatic nitrogens is 4. The third kappa shape index (κ3) is 4.69. The van der Waals surface area contributed by atoms with Gasteiger partial charge in [-0.3, -0.25) is 4.79 Å². The number of hydrogen-bond donors (Lipinski definition) is 0. The fraction of sp³-hybridized carbons (Fsp3) is 0.579. The molecule has 1 amide bonds. The Hall–Kier alpha value is -2.38. The summed E-state index contributed by atoms with van der Waals surface area (Å²) in [5, 5.41) is 12.3. The summed E-state index contributed by atoms with van der Waals surface area (Å²) < 4.78 is 40.2. The quantitative estimate of drug-likeness (QED) is 0.571. The van der Waals surface area contributed by atoms with Crippen LogP contribution in [0.5, 0.6) is 11.5 Å². The van der Waals surface area contributed by atoms with Gasteiger partial charge in [-0.05, 0) is 43.3 Å². The van der Waals surface area contributed by atoms with Crippen LogP contribution in [0.1, 0.15) is 20.8 Å². The number of carbonyl (C=O) groups excluding carboxylic acids is 1. The Bertz CT molecular complexity index is 1090. The van der Waals surface area contributed by atoms with Crippen LogP contribution < -0.4 is 9.47 Å². The Morgan fingerprint density at radius 2 is 1.78 bits per heavy atom. The Morgan fingerprint density at radius 3 is 2.47 bits per heavy atom. The SMILES string of the molecule is CC(C)(C)n1nnnc1SCC(=O)N1CCN(S(=O)(=O)c2ccc3c(c2)OCCO3)CC1. The van der Waals surface area contributed by atoms with E-state index in [1.807, 2.05) is 20.8 Å². The van der Waals surface area contributed by atoms with Crippen LogP contribution in [-0.2, 0) is 20.4 Å². The molecule has 0 saturated carbocycles. The van der Waals surface area contributed by atoms with Gasteiger partial charge in [0.1, 0.15) is 13.2 Å². The fourth-order valence-electron chi connectivity index (χ4n) is 3.42. The molecule has 2 aliphatic rings. The molecule has 0 bridgehead atoms. The van der Waals surface area contributed by atoms with Crippen molar-refractivity contribution in [1.29, 1.82) is 0 Å². The Labute approximate surface area is 191 Å². The van der Waals surface area contributed by atoms with Gasteiger partial charge in [0.15, 0.2) is 11.5 Å². The molecule has 1 fully saturated rings. The van der Waals surface area contributed by atoms with Crippen molar-refractivity contribution >= 4 is 27.7 Å². The minimum absolute atomic E-state index is 0.0742. The predicted molar refractivity (Wildman–Crippen MR) is 116 cm³/mol. The third-order valence-electron chi connectivity index (χ3n) is 5.14. The van der Waals surface area contributed by atoms with Crippen LogP contribution in [0.2, 0.25) is 0 Å². The maximum Gasteiger partial charge on any atom is 0.243 e. The smallest absolute Gasteiger partial charge is 0.243 e. The van der Waals surface area contributed by atoms with Crippen molar-refractivity contribution in [3.8, 4) is 11.5 Å². The van der Waals surface area contributed by atoms with Gasteiger partial charge in [0, 0.05) is 32.2 Å². The lowest BCUT2D eigenvalue weighted by Crippen LogP contribution is -2.51. The van der Waals surface area contributed by atoms with Gasteiger partial charge in [0.05, 0.1) is 16.2 Å². The van der Waals surface area contributed by atoms with Crippen molar-refractivity contribution in [2.45, 2.75) is 36.4 Å². The van der Waals surface area contributed by atoms with E-state index in [9.17, 15) is 13.2 Å². The summed E-state index contributed by atoms with van der Waals surface area (Å²) in [4.78, 5) is 14.5. The van der Waals surface area contributed by atoms with Crippen LogP contribution in [0.3, 0.4) is 0 Å². The summed E-state index contributed by atoms with van der Waals surface area (Å²) in [6.07, 6.45) is 0. The monoisotopic (exact) mass is 482 g/mol. The summed E-state index contributed by atoms with van der Waals surface area (Å²) >= 11 is 1.28. The number of carbonyl (C=O) groups is 1. The Morgan fingerprint density at radius 1 is 1.09 bits per heavy atom. The lowest BCUT2D eigenvalue weighted by atomic mass is 10.1. The zero-order valence-corrected chi connectivity index (χ0v) is 19.9. The average molecular weight is 483 g/mol. The molecule has 0 atom stereocenters. The number of piperazine rings is 1. The highest BCUT2D eigenvalue weighted by Gasteiger charge is 2.31. The zero-order valence-electron chi connectivity index (χ0n) is 18.2. The van der Waals surface area contributed by atoms with E-state index in [4.69, 9.17) is 9.47 Å².